The number of benzene rings is 2. The average Bonchev–Trinajstić information content (AvgIpc) is 2.78. The molecule has 3 N–H and O–H groups in total. The quantitative estimate of drug-likeness (QED) is 0.171. The van der Waals surface area contributed by atoms with Crippen molar-refractivity contribution >= 4 is 40.4 Å². The number of aromatic amines is 1. The summed E-state index contributed by atoms with van der Waals surface area (Å²) >= 11 is 5.25. The first-order valence-corrected chi connectivity index (χ1v) is 10.6. The fraction of sp³-hybridized carbons (Fsp3) is 0.286. The highest BCUT2D eigenvalue weighted by atomic mass is 32.1. The highest BCUT2D eigenvalue weighted by Crippen LogP contribution is 2.34. The first-order chi connectivity index (χ1) is 16.1. The molecule has 1 aromatic heterocycles. The maximum Gasteiger partial charge on any atom is 0.416 e. The van der Waals surface area contributed by atoms with Gasteiger partial charge in [0.15, 0.2) is 4.77 Å². The van der Waals surface area contributed by atoms with Gasteiger partial charge in [-0.1, -0.05) is 18.6 Å². The SMILES string of the molecule is O=C(CCCCCn1c(=S)[nH]c2ccccc2c1=O)NNc1ccc(C(F)(F)F)cc1[N+](=O)[O-]. The molecule has 0 bridgehead atoms. The number of hydrazine groups is 1. The van der Waals surface area contributed by atoms with Gasteiger partial charge in [-0.3, -0.25) is 35.1 Å². The third-order valence-corrected chi connectivity index (χ3v) is 5.36. The number of amides is 1. The molecular formula is C21H20F3N5O4S. The molecule has 180 valence electrons. The van der Waals surface area contributed by atoms with E-state index in [1.54, 1.807) is 24.3 Å². The van der Waals surface area contributed by atoms with Gasteiger partial charge >= 0.3 is 6.18 Å². The molecule has 0 saturated carbocycles. The topological polar surface area (TPSA) is 122 Å². The Morgan fingerprint density at radius 1 is 1.15 bits per heavy atom. The summed E-state index contributed by atoms with van der Waals surface area (Å²) < 4.78 is 40.1. The second-order valence-corrected chi connectivity index (χ2v) is 7.79. The Morgan fingerprint density at radius 2 is 1.88 bits per heavy atom. The van der Waals surface area contributed by atoms with E-state index in [0.717, 1.165) is 6.07 Å². The summed E-state index contributed by atoms with van der Waals surface area (Å²) in [5, 5.41) is 11.6. The number of nitrogens with zero attached hydrogens (tertiary/aromatic N) is 2. The van der Waals surface area contributed by atoms with Gasteiger partial charge in [0, 0.05) is 19.0 Å². The summed E-state index contributed by atoms with van der Waals surface area (Å²) in [7, 11) is 0. The molecular weight excluding hydrogens is 475 g/mol. The van der Waals surface area contributed by atoms with Gasteiger partial charge in [0.25, 0.3) is 11.2 Å². The lowest BCUT2D eigenvalue weighted by Gasteiger charge is -2.11. The number of para-hydroxylation sites is 1. The number of hydrogen-bond acceptors (Lipinski definition) is 6. The number of carbonyl (C=O) groups is 1. The second-order valence-electron chi connectivity index (χ2n) is 7.40. The summed E-state index contributed by atoms with van der Waals surface area (Å²) in [4.78, 5) is 37.7. The van der Waals surface area contributed by atoms with Gasteiger partial charge in [-0.25, -0.2) is 0 Å². The Hall–Kier alpha value is -3.74. The smallest absolute Gasteiger partial charge is 0.332 e. The van der Waals surface area contributed by atoms with Gasteiger partial charge in [-0.15, -0.1) is 0 Å². The van der Waals surface area contributed by atoms with Crippen LogP contribution in [-0.2, 0) is 17.5 Å². The lowest BCUT2D eigenvalue weighted by Crippen LogP contribution is -2.29. The number of hydrogen-bond donors (Lipinski definition) is 3. The number of rotatable bonds is 9. The van der Waals surface area contributed by atoms with Crippen LogP contribution in [0.15, 0.2) is 47.3 Å². The standard InChI is InChI=1S/C21H20F3N5O4S/c22-21(23,24)13-9-10-16(17(12-13)29(32)33)26-27-18(30)8-2-1-5-11-28-19(31)14-6-3-4-7-15(14)25-20(28)34/h3-4,6-7,9-10,12,26H,1-2,5,8,11H2,(H,25,34)(H,27,30). The minimum Gasteiger partial charge on any atom is -0.332 e. The highest BCUT2D eigenvalue weighted by molar-refractivity contribution is 7.71. The summed E-state index contributed by atoms with van der Waals surface area (Å²) in [6.07, 6.45) is -3.01. The van der Waals surface area contributed by atoms with E-state index < -0.39 is 28.3 Å². The van der Waals surface area contributed by atoms with E-state index in [2.05, 4.69) is 15.8 Å². The molecule has 0 aliphatic rings. The van der Waals surface area contributed by atoms with Crippen molar-refractivity contribution in [3.63, 3.8) is 0 Å². The number of fused-ring (bicyclic) bond motifs is 1. The number of anilines is 1. The van der Waals surface area contributed by atoms with E-state index in [9.17, 15) is 32.9 Å². The van der Waals surface area contributed by atoms with Crippen molar-refractivity contribution in [2.75, 3.05) is 5.43 Å². The molecule has 2 aromatic carbocycles. The molecule has 0 saturated heterocycles. The maximum absolute atomic E-state index is 12.8. The first-order valence-electron chi connectivity index (χ1n) is 10.2. The number of nitrogens with one attached hydrogen (secondary N) is 3. The van der Waals surface area contributed by atoms with Crippen molar-refractivity contribution in [1.29, 1.82) is 0 Å². The van der Waals surface area contributed by atoms with Crippen LogP contribution in [0, 0.1) is 14.9 Å². The number of nitro groups is 1. The number of H-pyrrole nitrogens is 1. The lowest BCUT2D eigenvalue weighted by atomic mass is 10.1. The molecule has 3 aromatic rings. The fourth-order valence-electron chi connectivity index (χ4n) is 3.30. The van der Waals surface area contributed by atoms with Crippen molar-refractivity contribution < 1.29 is 22.9 Å². The van der Waals surface area contributed by atoms with E-state index in [0.29, 0.717) is 53.6 Å². The van der Waals surface area contributed by atoms with Gasteiger partial charge in [-0.05, 0) is 49.3 Å². The van der Waals surface area contributed by atoms with Crippen LogP contribution in [0.25, 0.3) is 10.9 Å². The lowest BCUT2D eigenvalue weighted by molar-refractivity contribution is -0.384. The molecule has 0 fully saturated rings. The van der Waals surface area contributed by atoms with Crippen molar-refractivity contribution in [2.24, 2.45) is 0 Å². The highest BCUT2D eigenvalue weighted by Gasteiger charge is 2.33. The zero-order valence-electron chi connectivity index (χ0n) is 17.6. The molecule has 9 nitrogen and oxygen atoms in total. The van der Waals surface area contributed by atoms with Crippen LogP contribution in [0.4, 0.5) is 24.5 Å². The molecule has 3 rings (SSSR count). The van der Waals surface area contributed by atoms with Crippen molar-refractivity contribution in [1.82, 2.24) is 15.0 Å². The summed E-state index contributed by atoms with van der Waals surface area (Å²) in [6.45, 7) is 0.372. The van der Waals surface area contributed by atoms with Crippen LogP contribution in [0.2, 0.25) is 0 Å². The third-order valence-electron chi connectivity index (χ3n) is 5.03. The van der Waals surface area contributed by atoms with Gasteiger partial charge in [-0.2, -0.15) is 13.2 Å². The Morgan fingerprint density at radius 3 is 2.59 bits per heavy atom. The number of unbranched alkanes of at least 4 members (excludes halogenated alkanes) is 2. The number of aromatic nitrogens is 2. The van der Waals surface area contributed by atoms with Crippen molar-refractivity contribution in [3.05, 3.63) is 73.3 Å². The predicted octanol–water partition coefficient (Wildman–Crippen LogP) is 4.69. The molecule has 1 amide bonds. The minimum absolute atomic E-state index is 0.0703. The third kappa shape index (κ3) is 5.98. The summed E-state index contributed by atoms with van der Waals surface area (Å²) in [5.74, 6) is -0.491. The molecule has 13 heteroatoms. The Labute approximate surface area is 195 Å². The van der Waals surface area contributed by atoms with Crippen LogP contribution in [0.5, 0.6) is 0 Å². The fourth-order valence-corrected chi connectivity index (χ4v) is 3.58. The molecule has 0 spiro atoms. The zero-order chi connectivity index (χ0) is 24.9. The van der Waals surface area contributed by atoms with Crippen molar-refractivity contribution in [3.8, 4) is 0 Å². The Bertz CT molecular complexity index is 1340. The van der Waals surface area contributed by atoms with Gasteiger partial charge in [0.1, 0.15) is 5.69 Å². The monoisotopic (exact) mass is 495 g/mol. The molecule has 0 atom stereocenters. The summed E-state index contributed by atoms with van der Waals surface area (Å²) in [6, 6.07) is 8.99. The minimum atomic E-state index is -4.73. The number of nitro benzene ring substituents is 1. The largest absolute Gasteiger partial charge is 0.416 e. The van der Waals surface area contributed by atoms with Gasteiger partial charge in [0.05, 0.1) is 21.4 Å². The average molecular weight is 495 g/mol. The van der Waals surface area contributed by atoms with E-state index in [1.807, 2.05) is 0 Å². The molecule has 0 unspecified atom stereocenters. The van der Waals surface area contributed by atoms with Crippen LogP contribution in [-0.4, -0.2) is 20.4 Å². The predicted molar refractivity (Wildman–Crippen MR) is 122 cm³/mol. The van der Waals surface area contributed by atoms with Crippen LogP contribution in [0.3, 0.4) is 0 Å². The second kappa shape index (κ2) is 10.5. The Kier molecular flexibility index (Phi) is 7.66. The molecule has 0 aliphatic heterocycles. The molecule has 1 heterocycles. The van der Waals surface area contributed by atoms with Gasteiger partial charge in [0.2, 0.25) is 5.91 Å². The van der Waals surface area contributed by atoms with E-state index in [1.165, 1.54) is 4.57 Å². The van der Waals surface area contributed by atoms with E-state index in [4.69, 9.17) is 12.2 Å². The van der Waals surface area contributed by atoms with E-state index in [-0.39, 0.29) is 17.7 Å². The number of carbonyl (C=O) groups excluding carboxylic acids is 1. The molecule has 0 aliphatic carbocycles. The zero-order valence-corrected chi connectivity index (χ0v) is 18.5. The molecule has 0 radical (unpaired) electrons. The Balaban J connectivity index is 1.49. The van der Waals surface area contributed by atoms with Crippen molar-refractivity contribution in [2.45, 2.75) is 38.4 Å². The number of halogens is 3. The maximum atomic E-state index is 12.8. The van der Waals surface area contributed by atoms with E-state index >= 15 is 0 Å². The van der Waals surface area contributed by atoms with Crippen LogP contribution >= 0.6 is 12.2 Å². The normalized spacial score (nSPS) is 11.4. The molecule has 34 heavy (non-hydrogen) atoms. The van der Waals surface area contributed by atoms with Crippen LogP contribution < -0.4 is 16.4 Å². The van der Waals surface area contributed by atoms with Gasteiger partial charge < -0.3 is 4.98 Å². The first kappa shape index (κ1) is 24.9. The van der Waals surface area contributed by atoms with Crippen LogP contribution in [0.1, 0.15) is 31.2 Å². The summed E-state index contributed by atoms with van der Waals surface area (Å²) in [5.41, 5.74) is 2.77. The number of alkyl halides is 3.